The molecule has 0 aliphatic heterocycles. The second-order valence-electron chi connectivity index (χ2n) is 5.66. The Balaban J connectivity index is 2.64. The first-order valence-corrected chi connectivity index (χ1v) is 7.38. The quantitative estimate of drug-likeness (QED) is 0.689. The van der Waals surface area contributed by atoms with Crippen LogP contribution in [0.1, 0.15) is 25.8 Å². The maximum Gasteiger partial charge on any atom is 0.387 e. The van der Waals surface area contributed by atoms with E-state index in [1.165, 1.54) is 19.2 Å². The van der Waals surface area contributed by atoms with Crippen molar-refractivity contribution in [2.45, 2.75) is 33.4 Å². The fourth-order valence-corrected chi connectivity index (χ4v) is 2.25. The highest BCUT2D eigenvalue weighted by molar-refractivity contribution is 5.70. The van der Waals surface area contributed by atoms with Gasteiger partial charge in [-0.3, -0.25) is 4.79 Å². The van der Waals surface area contributed by atoms with E-state index < -0.39 is 18.5 Å². The number of aliphatic carboxylic acids is 1. The van der Waals surface area contributed by atoms with Crippen molar-refractivity contribution in [1.82, 2.24) is 5.32 Å². The molecule has 1 aromatic rings. The zero-order valence-corrected chi connectivity index (χ0v) is 13.5. The Kier molecular flexibility index (Phi) is 7.74. The number of rotatable bonds is 10. The van der Waals surface area contributed by atoms with Gasteiger partial charge in [0.1, 0.15) is 0 Å². The minimum atomic E-state index is -2.94. The largest absolute Gasteiger partial charge is 0.493 e. The molecule has 23 heavy (non-hydrogen) atoms. The smallest absolute Gasteiger partial charge is 0.387 e. The SMILES string of the molecule is COc1ccc(CNCC(CC(C)C)C(=O)O)cc1OC(F)F. The molecule has 0 bridgehead atoms. The average Bonchev–Trinajstić information content (AvgIpc) is 2.45. The molecule has 0 fully saturated rings. The van der Waals surface area contributed by atoms with Crippen LogP contribution in [0.3, 0.4) is 0 Å². The number of carboxylic acid groups (broad SMARTS) is 1. The monoisotopic (exact) mass is 331 g/mol. The van der Waals surface area contributed by atoms with E-state index in [4.69, 9.17) is 4.74 Å². The molecule has 5 nitrogen and oxygen atoms in total. The highest BCUT2D eigenvalue weighted by atomic mass is 19.3. The van der Waals surface area contributed by atoms with Gasteiger partial charge in [0, 0.05) is 13.1 Å². The molecule has 0 aliphatic carbocycles. The molecule has 0 spiro atoms. The lowest BCUT2D eigenvalue weighted by Crippen LogP contribution is -2.29. The maximum atomic E-state index is 12.4. The molecular weight excluding hydrogens is 308 g/mol. The van der Waals surface area contributed by atoms with Crippen molar-refractivity contribution in [3.63, 3.8) is 0 Å². The maximum absolute atomic E-state index is 12.4. The minimum absolute atomic E-state index is 0.0428. The Morgan fingerprint density at radius 3 is 2.52 bits per heavy atom. The summed E-state index contributed by atoms with van der Waals surface area (Å²) in [5.41, 5.74) is 0.704. The number of alkyl halides is 2. The molecule has 1 rings (SSSR count). The number of carboxylic acids is 1. The zero-order valence-electron chi connectivity index (χ0n) is 13.5. The lowest BCUT2D eigenvalue weighted by atomic mass is 9.97. The highest BCUT2D eigenvalue weighted by Gasteiger charge is 2.18. The first-order chi connectivity index (χ1) is 10.8. The third-order valence-electron chi connectivity index (χ3n) is 3.27. The Hall–Kier alpha value is -1.89. The minimum Gasteiger partial charge on any atom is -0.493 e. The number of carbonyl (C=O) groups is 1. The second kappa shape index (κ2) is 9.29. The van der Waals surface area contributed by atoms with E-state index in [-0.39, 0.29) is 17.4 Å². The van der Waals surface area contributed by atoms with Crippen molar-refractivity contribution in [3.05, 3.63) is 23.8 Å². The number of benzene rings is 1. The van der Waals surface area contributed by atoms with Crippen LogP contribution < -0.4 is 14.8 Å². The summed E-state index contributed by atoms with van der Waals surface area (Å²) < 4.78 is 34.1. The van der Waals surface area contributed by atoms with E-state index in [0.29, 0.717) is 25.1 Å². The number of methoxy groups -OCH3 is 1. The van der Waals surface area contributed by atoms with E-state index in [2.05, 4.69) is 10.1 Å². The lowest BCUT2D eigenvalue weighted by molar-refractivity contribution is -0.142. The summed E-state index contributed by atoms with van der Waals surface area (Å²) in [5, 5.41) is 12.2. The number of nitrogens with one attached hydrogen (secondary N) is 1. The molecule has 1 unspecified atom stereocenters. The van der Waals surface area contributed by atoms with Crippen molar-refractivity contribution in [2.75, 3.05) is 13.7 Å². The van der Waals surface area contributed by atoms with Gasteiger partial charge in [0.15, 0.2) is 11.5 Å². The topological polar surface area (TPSA) is 67.8 Å². The molecule has 0 aliphatic rings. The molecule has 7 heteroatoms. The average molecular weight is 331 g/mol. The van der Waals surface area contributed by atoms with E-state index in [1.807, 2.05) is 13.8 Å². The highest BCUT2D eigenvalue weighted by Crippen LogP contribution is 2.29. The van der Waals surface area contributed by atoms with E-state index >= 15 is 0 Å². The normalized spacial score (nSPS) is 12.5. The molecule has 0 amide bonds. The number of halogens is 2. The van der Waals surface area contributed by atoms with E-state index in [1.54, 1.807) is 6.07 Å². The van der Waals surface area contributed by atoms with Gasteiger partial charge < -0.3 is 19.9 Å². The molecular formula is C16H23F2NO4. The van der Waals surface area contributed by atoms with Gasteiger partial charge in [0.25, 0.3) is 0 Å². The predicted molar refractivity (Wildman–Crippen MR) is 81.9 cm³/mol. The number of hydrogen-bond donors (Lipinski definition) is 2. The number of ether oxygens (including phenoxy) is 2. The summed E-state index contributed by atoms with van der Waals surface area (Å²) >= 11 is 0. The fourth-order valence-electron chi connectivity index (χ4n) is 2.25. The Morgan fingerprint density at radius 1 is 1.30 bits per heavy atom. The van der Waals surface area contributed by atoms with Gasteiger partial charge in [-0.2, -0.15) is 8.78 Å². The van der Waals surface area contributed by atoms with Crippen LogP contribution in [0.15, 0.2) is 18.2 Å². The molecule has 0 saturated heterocycles. The van der Waals surface area contributed by atoms with Crippen LogP contribution in [0.5, 0.6) is 11.5 Å². The first-order valence-electron chi connectivity index (χ1n) is 7.38. The van der Waals surface area contributed by atoms with Crippen LogP contribution in [0.25, 0.3) is 0 Å². The van der Waals surface area contributed by atoms with Crippen LogP contribution in [0, 0.1) is 11.8 Å². The zero-order chi connectivity index (χ0) is 17.4. The van der Waals surface area contributed by atoms with Gasteiger partial charge in [0.2, 0.25) is 0 Å². The third kappa shape index (κ3) is 6.81. The van der Waals surface area contributed by atoms with Crippen LogP contribution >= 0.6 is 0 Å². The van der Waals surface area contributed by atoms with Crippen LogP contribution in [-0.2, 0) is 11.3 Å². The van der Waals surface area contributed by atoms with Crippen molar-refractivity contribution < 1.29 is 28.2 Å². The van der Waals surface area contributed by atoms with Gasteiger partial charge in [-0.15, -0.1) is 0 Å². The second-order valence-corrected chi connectivity index (χ2v) is 5.66. The van der Waals surface area contributed by atoms with Crippen molar-refractivity contribution in [3.8, 4) is 11.5 Å². The molecule has 0 radical (unpaired) electrons. The lowest BCUT2D eigenvalue weighted by Gasteiger charge is -2.16. The summed E-state index contributed by atoms with van der Waals surface area (Å²) in [6.07, 6.45) is 0.574. The van der Waals surface area contributed by atoms with Gasteiger partial charge in [-0.1, -0.05) is 19.9 Å². The molecule has 0 heterocycles. The molecule has 1 atom stereocenters. The van der Waals surface area contributed by atoms with Crippen LogP contribution in [0.2, 0.25) is 0 Å². The first kappa shape index (κ1) is 19.2. The molecule has 0 aromatic heterocycles. The van der Waals surface area contributed by atoms with Gasteiger partial charge in [0.05, 0.1) is 13.0 Å². The van der Waals surface area contributed by atoms with Gasteiger partial charge >= 0.3 is 12.6 Å². The molecule has 0 saturated carbocycles. The van der Waals surface area contributed by atoms with Gasteiger partial charge in [-0.25, -0.2) is 0 Å². The van der Waals surface area contributed by atoms with Crippen molar-refractivity contribution in [2.24, 2.45) is 11.8 Å². The Bertz CT molecular complexity index is 509. The summed E-state index contributed by atoms with van der Waals surface area (Å²) in [5.74, 6) is -0.867. The summed E-state index contributed by atoms with van der Waals surface area (Å²) in [4.78, 5) is 11.2. The molecule has 130 valence electrons. The van der Waals surface area contributed by atoms with Gasteiger partial charge in [-0.05, 0) is 30.0 Å². The third-order valence-corrected chi connectivity index (χ3v) is 3.27. The standard InChI is InChI=1S/C16H23F2NO4/c1-10(2)6-12(15(20)21)9-19-8-11-4-5-13(22-3)14(7-11)23-16(17)18/h4-5,7,10,12,16,19H,6,8-9H2,1-3H3,(H,20,21). The van der Waals surface area contributed by atoms with E-state index in [9.17, 15) is 18.7 Å². The Labute approximate surface area is 134 Å². The van der Waals surface area contributed by atoms with Crippen molar-refractivity contribution >= 4 is 5.97 Å². The fraction of sp³-hybridized carbons (Fsp3) is 0.562. The van der Waals surface area contributed by atoms with Crippen LogP contribution in [0.4, 0.5) is 8.78 Å². The van der Waals surface area contributed by atoms with Crippen molar-refractivity contribution in [1.29, 1.82) is 0 Å². The summed E-state index contributed by atoms with van der Waals surface area (Å²) in [6.45, 7) is 1.66. The number of hydrogen-bond acceptors (Lipinski definition) is 4. The summed E-state index contributed by atoms with van der Waals surface area (Å²) in [7, 11) is 1.37. The summed E-state index contributed by atoms with van der Waals surface area (Å²) in [6, 6.07) is 4.70. The van der Waals surface area contributed by atoms with E-state index in [0.717, 1.165) is 0 Å². The molecule has 1 aromatic carbocycles. The molecule has 2 N–H and O–H groups in total. The Morgan fingerprint density at radius 2 is 2.00 bits per heavy atom. The van der Waals surface area contributed by atoms with Crippen LogP contribution in [-0.4, -0.2) is 31.3 Å². The predicted octanol–water partition coefficient (Wildman–Crippen LogP) is 3.13.